The molecule has 0 aliphatic heterocycles. The molecule has 1 saturated carbocycles. The SMILES string of the molecule is CC(C)C(=O)N[C@]1(C)CC1C. The molecule has 0 aromatic heterocycles. The molecule has 1 N–H and O–H groups in total. The van der Waals surface area contributed by atoms with Crippen molar-refractivity contribution in [2.75, 3.05) is 0 Å². The van der Waals surface area contributed by atoms with Gasteiger partial charge in [0.05, 0.1) is 0 Å². The van der Waals surface area contributed by atoms with Crippen molar-refractivity contribution in [3.8, 4) is 0 Å². The first-order chi connectivity index (χ1) is 4.96. The van der Waals surface area contributed by atoms with Crippen molar-refractivity contribution in [1.82, 2.24) is 5.32 Å². The average molecular weight is 155 g/mol. The number of rotatable bonds is 2. The number of hydrogen-bond donors (Lipinski definition) is 1. The molecule has 2 heteroatoms. The average Bonchev–Trinajstić information content (AvgIpc) is 2.39. The first-order valence-corrected chi connectivity index (χ1v) is 4.28. The quantitative estimate of drug-likeness (QED) is 0.644. The molecule has 1 rings (SSSR count). The Morgan fingerprint density at radius 1 is 1.64 bits per heavy atom. The minimum atomic E-state index is 0.111. The second kappa shape index (κ2) is 2.50. The van der Waals surface area contributed by atoms with Gasteiger partial charge in [-0.15, -0.1) is 0 Å². The van der Waals surface area contributed by atoms with Crippen LogP contribution in [0.25, 0.3) is 0 Å². The summed E-state index contributed by atoms with van der Waals surface area (Å²) in [5.74, 6) is 0.946. The molecule has 0 spiro atoms. The molecule has 1 amide bonds. The van der Waals surface area contributed by atoms with E-state index in [1.807, 2.05) is 13.8 Å². The van der Waals surface area contributed by atoms with Crippen LogP contribution in [-0.4, -0.2) is 11.4 Å². The van der Waals surface area contributed by atoms with E-state index in [-0.39, 0.29) is 17.4 Å². The first kappa shape index (κ1) is 8.57. The zero-order valence-electron chi connectivity index (χ0n) is 7.77. The minimum absolute atomic E-state index is 0.111. The van der Waals surface area contributed by atoms with Gasteiger partial charge in [0.1, 0.15) is 0 Å². The van der Waals surface area contributed by atoms with Crippen LogP contribution in [0.2, 0.25) is 0 Å². The molecule has 11 heavy (non-hydrogen) atoms. The maximum absolute atomic E-state index is 11.2. The largest absolute Gasteiger partial charge is 0.350 e. The van der Waals surface area contributed by atoms with Crippen molar-refractivity contribution in [2.24, 2.45) is 11.8 Å². The van der Waals surface area contributed by atoms with Gasteiger partial charge in [-0.2, -0.15) is 0 Å². The molecular weight excluding hydrogens is 138 g/mol. The van der Waals surface area contributed by atoms with E-state index in [2.05, 4.69) is 19.2 Å². The van der Waals surface area contributed by atoms with Crippen LogP contribution in [-0.2, 0) is 4.79 Å². The van der Waals surface area contributed by atoms with Gasteiger partial charge >= 0.3 is 0 Å². The minimum Gasteiger partial charge on any atom is -0.350 e. The van der Waals surface area contributed by atoms with E-state index < -0.39 is 0 Å². The van der Waals surface area contributed by atoms with E-state index in [1.54, 1.807) is 0 Å². The summed E-state index contributed by atoms with van der Waals surface area (Å²) in [6.45, 7) is 8.12. The highest BCUT2D eigenvalue weighted by atomic mass is 16.2. The smallest absolute Gasteiger partial charge is 0.222 e. The van der Waals surface area contributed by atoms with Crippen molar-refractivity contribution in [3.63, 3.8) is 0 Å². The summed E-state index contributed by atoms with van der Waals surface area (Å²) in [7, 11) is 0. The summed E-state index contributed by atoms with van der Waals surface area (Å²) in [6, 6.07) is 0. The molecule has 64 valence electrons. The highest BCUT2D eigenvalue weighted by molar-refractivity contribution is 5.79. The summed E-state index contributed by atoms with van der Waals surface area (Å²) >= 11 is 0. The Labute approximate surface area is 68.4 Å². The van der Waals surface area contributed by atoms with E-state index in [0.717, 1.165) is 6.42 Å². The van der Waals surface area contributed by atoms with Crippen LogP contribution in [0, 0.1) is 11.8 Å². The fraction of sp³-hybridized carbons (Fsp3) is 0.889. The van der Waals surface area contributed by atoms with Crippen LogP contribution in [0.1, 0.15) is 34.1 Å². The Balaban J connectivity index is 2.38. The molecule has 0 saturated heterocycles. The van der Waals surface area contributed by atoms with Gasteiger partial charge in [-0.1, -0.05) is 20.8 Å². The third kappa shape index (κ3) is 1.73. The summed E-state index contributed by atoms with van der Waals surface area (Å²) in [6.07, 6.45) is 1.13. The van der Waals surface area contributed by atoms with Gasteiger partial charge in [-0.05, 0) is 19.3 Å². The molecule has 0 aromatic rings. The highest BCUT2D eigenvalue weighted by Gasteiger charge is 2.47. The predicted molar refractivity (Wildman–Crippen MR) is 45.2 cm³/mol. The van der Waals surface area contributed by atoms with Gasteiger partial charge in [0.15, 0.2) is 0 Å². The molecule has 2 nitrogen and oxygen atoms in total. The van der Waals surface area contributed by atoms with Gasteiger partial charge in [-0.25, -0.2) is 0 Å². The van der Waals surface area contributed by atoms with Gasteiger partial charge in [0, 0.05) is 11.5 Å². The lowest BCUT2D eigenvalue weighted by Gasteiger charge is -2.14. The van der Waals surface area contributed by atoms with Crippen molar-refractivity contribution < 1.29 is 4.79 Å². The number of carbonyl (C=O) groups is 1. The van der Waals surface area contributed by atoms with Crippen LogP contribution in [0.3, 0.4) is 0 Å². The van der Waals surface area contributed by atoms with E-state index in [1.165, 1.54) is 0 Å². The zero-order chi connectivity index (χ0) is 8.65. The summed E-state index contributed by atoms with van der Waals surface area (Å²) < 4.78 is 0. The van der Waals surface area contributed by atoms with E-state index >= 15 is 0 Å². The maximum atomic E-state index is 11.2. The molecule has 0 heterocycles. The van der Waals surface area contributed by atoms with Crippen LogP contribution in [0.15, 0.2) is 0 Å². The van der Waals surface area contributed by atoms with Crippen LogP contribution < -0.4 is 5.32 Å². The molecule has 0 bridgehead atoms. The Kier molecular flexibility index (Phi) is 1.95. The number of nitrogens with one attached hydrogen (secondary N) is 1. The summed E-state index contributed by atoms with van der Waals surface area (Å²) in [5.41, 5.74) is 0.112. The van der Waals surface area contributed by atoms with E-state index in [4.69, 9.17) is 0 Å². The van der Waals surface area contributed by atoms with Crippen LogP contribution in [0.4, 0.5) is 0 Å². The third-order valence-corrected chi connectivity index (χ3v) is 2.59. The third-order valence-electron chi connectivity index (χ3n) is 2.59. The van der Waals surface area contributed by atoms with Gasteiger partial charge in [0.25, 0.3) is 0 Å². The second-order valence-corrected chi connectivity index (χ2v) is 4.17. The molecular formula is C9H17NO. The fourth-order valence-electron chi connectivity index (χ4n) is 1.18. The lowest BCUT2D eigenvalue weighted by Crippen LogP contribution is -2.38. The van der Waals surface area contributed by atoms with E-state index in [0.29, 0.717) is 5.92 Å². The van der Waals surface area contributed by atoms with Crippen molar-refractivity contribution in [1.29, 1.82) is 0 Å². The molecule has 0 aromatic carbocycles. The normalized spacial score (nSPS) is 35.5. The fourth-order valence-corrected chi connectivity index (χ4v) is 1.18. The van der Waals surface area contributed by atoms with Gasteiger partial charge < -0.3 is 5.32 Å². The Morgan fingerprint density at radius 3 is 2.36 bits per heavy atom. The lowest BCUT2D eigenvalue weighted by molar-refractivity contribution is -0.124. The van der Waals surface area contributed by atoms with Gasteiger partial charge in [-0.3, -0.25) is 4.79 Å². The Hall–Kier alpha value is -0.530. The van der Waals surface area contributed by atoms with E-state index in [9.17, 15) is 4.79 Å². The van der Waals surface area contributed by atoms with Crippen LogP contribution >= 0.6 is 0 Å². The number of carbonyl (C=O) groups excluding carboxylic acids is 1. The topological polar surface area (TPSA) is 29.1 Å². The van der Waals surface area contributed by atoms with Gasteiger partial charge in [0.2, 0.25) is 5.91 Å². The highest BCUT2D eigenvalue weighted by Crippen LogP contribution is 2.42. The first-order valence-electron chi connectivity index (χ1n) is 4.28. The Morgan fingerprint density at radius 2 is 2.09 bits per heavy atom. The van der Waals surface area contributed by atoms with Crippen LogP contribution in [0.5, 0.6) is 0 Å². The lowest BCUT2D eigenvalue weighted by atomic mass is 10.1. The Bertz CT molecular complexity index is 176. The van der Waals surface area contributed by atoms with Crippen molar-refractivity contribution in [3.05, 3.63) is 0 Å². The maximum Gasteiger partial charge on any atom is 0.222 e. The zero-order valence-corrected chi connectivity index (χ0v) is 7.77. The molecule has 1 fully saturated rings. The molecule has 1 aliphatic rings. The monoisotopic (exact) mass is 155 g/mol. The van der Waals surface area contributed by atoms with Crippen molar-refractivity contribution in [2.45, 2.75) is 39.7 Å². The second-order valence-electron chi connectivity index (χ2n) is 4.17. The standard InChI is InChI=1S/C9H17NO/c1-6(2)8(11)10-9(4)5-7(9)3/h6-7H,5H2,1-4H3,(H,10,11)/t7?,9-/m1/s1. The van der Waals surface area contributed by atoms with Crippen molar-refractivity contribution >= 4 is 5.91 Å². The molecule has 1 aliphatic carbocycles. The summed E-state index contributed by atoms with van der Waals surface area (Å²) in [4.78, 5) is 11.2. The molecule has 2 atom stereocenters. The molecule has 1 unspecified atom stereocenters. The molecule has 0 radical (unpaired) electrons. The predicted octanol–water partition coefficient (Wildman–Crippen LogP) is 1.56. The number of amides is 1. The summed E-state index contributed by atoms with van der Waals surface area (Å²) in [5, 5.41) is 3.04. The number of hydrogen-bond acceptors (Lipinski definition) is 1.